The molecule has 23 heavy (non-hydrogen) atoms. The molecule has 1 fully saturated rings. The molecule has 1 aliphatic heterocycles. The SMILES string of the molecule is Cc1ccc(S(C)(=O)=O)cc1C(=O)NCCC1CCCNC1.Cl. The van der Waals surface area contributed by atoms with Crippen molar-refractivity contribution in [1.82, 2.24) is 10.6 Å². The van der Waals surface area contributed by atoms with Gasteiger partial charge >= 0.3 is 0 Å². The molecule has 1 saturated heterocycles. The number of benzene rings is 1. The summed E-state index contributed by atoms with van der Waals surface area (Å²) in [6.07, 6.45) is 4.48. The second-order valence-corrected chi connectivity index (χ2v) is 8.02. The molecule has 7 heteroatoms. The number of sulfone groups is 1. The minimum absolute atomic E-state index is 0. The second-order valence-electron chi connectivity index (χ2n) is 6.01. The van der Waals surface area contributed by atoms with E-state index in [0.717, 1.165) is 31.3 Å². The smallest absolute Gasteiger partial charge is 0.251 e. The zero-order valence-corrected chi connectivity index (χ0v) is 15.2. The van der Waals surface area contributed by atoms with E-state index in [9.17, 15) is 13.2 Å². The first kappa shape index (κ1) is 19.9. The maximum atomic E-state index is 12.3. The van der Waals surface area contributed by atoms with Crippen molar-refractivity contribution in [3.05, 3.63) is 29.3 Å². The highest BCUT2D eigenvalue weighted by Gasteiger charge is 2.16. The van der Waals surface area contributed by atoms with Crippen LogP contribution in [0, 0.1) is 12.8 Å². The summed E-state index contributed by atoms with van der Waals surface area (Å²) in [6.45, 7) is 4.53. The van der Waals surface area contributed by atoms with E-state index < -0.39 is 9.84 Å². The normalized spacial score (nSPS) is 18.1. The molecule has 1 unspecified atom stereocenters. The summed E-state index contributed by atoms with van der Waals surface area (Å²) in [5, 5.41) is 6.26. The lowest BCUT2D eigenvalue weighted by Gasteiger charge is -2.22. The number of carbonyl (C=O) groups excluding carboxylic acids is 1. The third-order valence-electron chi connectivity index (χ3n) is 4.12. The molecule has 1 aromatic carbocycles. The standard InChI is InChI=1S/C16H24N2O3S.ClH/c1-12-5-6-14(22(2,20)21)10-15(12)16(19)18-9-7-13-4-3-8-17-11-13;/h5-6,10,13,17H,3-4,7-9,11H2,1-2H3,(H,18,19);1H. The summed E-state index contributed by atoms with van der Waals surface area (Å²) in [5.41, 5.74) is 1.22. The molecular formula is C16H25ClN2O3S. The second kappa shape index (κ2) is 8.66. The van der Waals surface area contributed by atoms with E-state index in [0.29, 0.717) is 18.0 Å². The molecule has 0 aliphatic carbocycles. The van der Waals surface area contributed by atoms with Crippen molar-refractivity contribution in [3.63, 3.8) is 0 Å². The fourth-order valence-corrected chi connectivity index (χ4v) is 3.38. The van der Waals surface area contributed by atoms with Gasteiger partial charge in [0, 0.05) is 18.4 Å². The van der Waals surface area contributed by atoms with Crippen LogP contribution in [0.5, 0.6) is 0 Å². The summed E-state index contributed by atoms with van der Waals surface area (Å²) < 4.78 is 23.2. The summed E-state index contributed by atoms with van der Waals surface area (Å²) in [5.74, 6) is 0.407. The summed E-state index contributed by atoms with van der Waals surface area (Å²) >= 11 is 0. The van der Waals surface area contributed by atoms with Gasteiger partial charge in [0.25, 0.3) is 5.91 Å². The van der Waals surface area contributed by atoms with Crippen LogP contribution in [0.15, 0.2) is 23.1 Å². The molecular weight excluding hydrogens is 336 g/mol. The van der Waals surface area contributed by atoms with E-state index in [4.69, 9.17) is 0 Å². The van der Waals surface area contributed by atoms with E-state index in [1.165, 1.54) is 25.0 Å². The first-order valence-electron chi connectivity index (χ1n) is 7.67. The van der Waals surface area contributed by atoms with Gasteiger partial charge in [-0.2, -0.15) is 0 Å². The Morgan fingerprint density at radius 3 is 2.74 bits per heavy atom. The summed E-state index contributed by atoms with van der Waals surface area (Å²) in [6, 6.07) is 4.67. The number of amides is 1. The molecule has 130 valence electrons. The summed E-state index contributed by atoms with van der Waals surface area (Å²) in [4.78, 5) is 12.4. The minimum Gasteiger partial charge on any atom is -0.352 e. The largest absolute Gasteiger partial charge is 0.352 e. The van der Waals surface area contributed by atoms with Crippen LogP contribution in [0.2, 0.25) is 0 Å². The Morgan fingerprint density at radius 2 is 2.13 bits per heavy atom. The number of rotatable bonds is 5. The van der Waals surface area contributed by atoms with Gasteiger partial charge in [0.15, 0.2) is 9.84 Å². The predicted molar refractivity (Wildman–Crippen MR) is 94.1 cm³/mol. The zero-order valence-electron chi connectivity index (χ0n) is 13.6. The van der Waals surface area contributed by atoms with Gasteiger partial charge in [0.2, 0.25) is 0 Å². The number of piperidine rings is 1. The van der Waals surface area contributed by atoms with Crippen LogP contribution >= 0.6 is 12.4 Å². The van der Waals surface area contributed by atoms with Gasteiger partial charge in [-0.3, -0.25) is 4.79 Å². The van der Waals surface area contributed by atoms with Crippen LogP contribution in [0.3, 0.4) is 0 Å². The molecule has 1 heterocycles. The van der Waals surface area contributed by atoms with Crippen LogP contribution in [-0.2, 0) is 9.84 Å². The highest BCUT2D eigenvalue weighted by molar-refractivity contribution is 7.90. The molecule has 0 aromatic heterocycles. The number of nitrogens with one attached hydrogen (secondary N) is 2. The number of aryl methyl sites for hydroxylation is 1. The van der Waals surface area contributed by atoms with Gasteiger partial charge in [-0.25, -0.2) is 8.42 Å². The van der Waals surface area contributed by atoms with Gasteiger partial charge in [0.05, 0.1) is 4.90 Å². The Kier molecular flexibility index (Phi) is 7.51. The van der Waals surface area contributed by atoms with Crippen LogP contribution in [-0.4, -0.2) is 40.2 Å². The molecule has 0 spiro atoms. The predicted octanol–water partition coefficient (Wildman–Crippen LogP) is 1.94. The average molecular weight is 361 g/mol. The van der Waals surface area contributed by atoms with Crippen molar-refractivity contribution in [2.75, 3.05) is 25.9 Å². The van der Waals surface area contributed by atoms with Crippen molar-refractivity contribution in [1.29, 1.82) is 0 Å². The molecule has 1 amide bonds. The van der Waals surface area contributed by atoms with E-state index in [-0.39, 0.29) is 23.2 Å². The molecule has 0 bridgehead atoms. The maximum absolute atomic E-state index is 12.3. The monoisotopic (exact) mass is 360 g/mol. The molecule has 1 aliphatic rings. The molecule has 1 atom stereocenters. The van der Waals surface area contributed by atoms with Gasteiger partial charge < -0.3 is 10.6 Å². The van der Waals surface area contributed by atoms with E-state index in [2.05, 4.69) is 10.6 Å². The Morgan fingerprint density at radius 1 is 1.39 bits per heavy atom. The Labute approximate surface area is 144 Å². The first-order chi connectivity index (χ1) is 10.4. The van der Waals surface area contributed by atoms with Crippen LogP contribution < -0.4 is 10.6 Å². The topological polar surface area (TPSA) is 75.3 Å². The fraction of sp³-hybridized carbons (Fsp3) is 0.562. The van der Waals surface area contributed by atoms with E-state index >= 15 is 0 Å². The van der Waals surface area contributed by atoms with E-state index in [1.54, 1.807) is 6.07 Å². The number of halogens is 1. The van der Waals surface area contributed by atoms with E-state index in [1.807, 2.05) is 6.92 Å². The highest BCUT2D eigenvalue weighted by Crippen LogP contribution is 2.16. The molecule has 2 N–H and O–H groups in total. The Bertz CT molecular complexity index is 641. The Balaban J connectivity index is 0.00000264. The number of carbonyl (C=O) groups is 1. The lowest BCUT2D eigenvalue weighted by atomic mass is 9.96. The number of hydrogen-bond acceptors (Lipinski definition) is 4. The first-order valence-corrected chi connectivity index (χ1v) is 9.56. The third-order valence-corrected chi connectivity index (χ3v) is 5.23. The average Bonchev–Trinajstić information content (AvgIpc) is 2.47. The number of hydrogen-bond donors (Lipinski definition) is 2. The maximum Gasteiger partial charge on any atom is 0.251 e. The minimum atomic E-state index is -3.30. The van der Waals surface area contributed by atoms with Crippen molar-refractivity contribution < 1.29 is 13.2 Å². The molecule has 5 nitrogen and oxygen atoms in total. The van der Waals surface area contributed by atoms with Crippen LogP contribution in [0.1, 0.15) is 35.2 Å². The highest BCUT2D eigenvalue weighted by atomic mass is 35.5. The van der Waals surface area contributed by atoms with Crippen molar-refractivity contribution >= 4 is 28.2 Å². The lowest BCUT2D eigenvalue weighted by Crippen LogP contribution is -2.33. The molecule has 2 rings (SSSR count). The molecule has 0 radical (unpaired) electrons. The van der Waals surface area contributed by atoms with Crippen molar-refractivity contribution in [3.8, 4) is 0 Å². The van der Waals surface area contributed by atoms with Crippen LogP contribution in [0.25, 0.3) is 0 Å². The summed E-state index contributed by atoms with van der Waals surface area (Å²) in [7, 11) is -3.30. The third kappa shape index (κ3) is 5.79. The van der Waals surface area contributed by atoms with Gasteiger partial charge in [-0.15, -0.1) is 12.4 Å². The Hall–Kier alpha value is -1.11. The quantitative estimate of drug-likeness (QED) is 0.841. The van der Waals surface area contributed by atoms with Crippen LogP contribution in [0.4, 0.5) is 0 Å². The molecule has 1 aromatic rings. The van der Waals surface area contributed by atoms with Gasteiger partial charge in [-0.05, 0) is 62.9 Å². The van der Waals surface area contributed by atoms with Gasteiger partial charge in [-0.1, -0.05) is 6.07 Å². The van der Waals surface area contributed by atoms with Gasteiger partial charge in [0.1, 0.15) is 0 Å². The zero-order chi connectivity index (χ0) is 16.2. The lowest BCUT2D eigenvalue weighted by molar-refractivity contribution is 0.0950. The molecule has 0 saturated carbocycles. The van der Waals surface area contributed by atoms with Crippen molar-refractivity contribution in [2.45, 2.75) is 31.1 Å². The fourth-order valence-electron chi connectivity index (χ4n) is 2.73. The van der Waals surface area contributed by atoms with Crippen molar-refractivity contribution in [2.24, 2.45) is 5.92 Å².